The molecule has 1 fully saturated rings. The number of hydrogen-bond acceptors (Lipinski definition) is 5. The van der Waals surface area contributed by atoms with Crippen molar-refractivity contribution < 1.29 is 27.5 Å². The fraction of sp³-hybridized carbons (Fsp3) is 0.235. The Hall–Kier alpha value is -4.63. The average Bonchev–Trinajstić information content (AvgIpc) is 3.03. The van der Waals surface area contributed by atoms with E-state index in [2.05, 4.69) is 15.5 Å². The molecule has 0 saturated carbocycles. The van der Waals surface area contributed by atoms with Crippen LogP contribution in [0.4, 0.5) is 24.5 Å². The van der Waals surface area contributed by atoms with Crippen LogP contribution in [-0.2, 0) is 15.7 Å². The molecule has 1 amide bonds. The summed E-state index contributed by atoms with van der Waals surface area (Å²) < 4.78 is 44.1. The molecule has 6 nitrogen and oxygen atoms in total. The Bertz CT molecular complexity index is 1530. The molecule has 1 atom stereocenters. The van der Waals surface area contributed by atoms with Crippen LogP contribution >= 0.6 is 0 Å². The maximum Gasteiger partial charge on any atom is 0.416 e. The van der Waals surface area contributed by atoms with Crippen molar-refractivity contribution in [1.29, 1.82) is 0 Å². The van der Waals surface area contributed by atoms with E-state index in [0.717, 1.165) is 49.3 Å². The monoisotopic (exact) mass is 587 g/mol. The molecule has 0 bridgehead atoms. The van der Waals surface area contributed by atoms with E-state index in [1.165, 1.54) is 19.2 Å². The van der Waals surface area contributed by atoms with Crippen LogP contribution in [0.1, 0.15) is 40.4 Å². The van der Waals surface area contributed by atoms with Gasteiger partial charge >= 0.3 is 12.1 Å². The molecule has 1 aliphatic rings. The first-order valence-corrected chi connectivity index (χ1v) is 14.0. The van der Waals surface area contributed by atoms with E-state index >= 15 is 0 Å². The van der Waals surface area contributed by atoms with Crippen LogP contribution in [0.2, 0.25) is 0 Å². The first kappa shape index (κ1) is 29.8. The molecule has 9 heteroatoms. The van der Waals surface area contributed by atoms with Crippen molar-refractivity contribution in [1.82, 2.24) is 4.90 Å². The Balaban J connectivity index is 1.19. The Kier molecular flexibility index (Phi) is 9.11. The fourth-order valence-electron chi connectivity index (χ4n) is 5.40. The number of carbonyl (C=O) groups excluding carboxylic acids is 2. The van der Waals surface area contributed by atoms with Gasteiger partial charge in [-0.15, -0.1) is 0 Å². The minimum atomic E-state index is -4.43. The number of halogens is 3. The molecule has 0 spiro atoms. The molecule has 0 aromatic heterocycles. The maximum absolute atomic E-state index is 13.1. The molecule has 43 heavy (non-hydrogen) atoms. The number of nitrogens with zero attached hydrogens (tertiary/aromatic N) is 1. The summed E-state index contributed by atoms with van der Waals surface area (Å²) in [4.78, 5) is 27.9. The fourth-order valence-corrected chi connectivity index (χ4v) is 5.40. The van der Waals surface area contributed by atoms with Gasteiger partial charge in [0.1, 0.15) is 6.04 Å². The highest BCUT2D eigenvalue weighted by molar-refractivity contribution is 6.08. The Morgan fingerprint density at radius 2 is 1.42 bits per heavy atom. The highest BCUT2D eigenvalue weighted by Gasteiger charge is 2.32. The minimum absolute atomic E-state index is 0.223. The number of benzene rings is 4. The van der Waals surface area contributed by atoms with Gasteiger partial charge in [0.2, 0.25) is 0 Å². The molecular weight excluding hydrogens is 555 g/mol. The second-order valence-electron chi connectivity index (χ2n) is 10.4. The van der Waals surface area contributed by atoms with Crippen LogP contribution < -0.4 is 10.6 Å². The van der Waals surface area contributed by atoms with Crippen LogP contribution in [0.15, 0.2) is 103 Å². The van der Waals surface area contributed by atoms with Crippen LogP contribution in [0.3, 0.4) is 0 Å². The highest BCUT2D eigenvalue weighted by Crippen LogP contribution is 2.32. The summed E-state index contributed by atoms with van der Waals surface area (Å²) in [5.74, 6) is -0.626. The average molecular weight is 588 g/mol. The van der Waals surface area contributed by atoms with Crippen molar-refractivity contribution in [2.45, 2.75) is 31.1 Å². The number of methoxy groups -OCH3 is 1. The number of esters is 1. The Morgan fingerprint density at radius 1 is 0.814 bits per heavy atom. The molecule has 0 radical (unpaired) electrons. The zero-order valence-electron chi connectivity index (χ0n) is 23.6. The van der Waals surface area contributed by atoms with E-state index < -0.39 is 17.8 Å². The summed E-state index contributed by atoms with van der Waals surface area (Å²) in [5, 5.41) is 6.43. The van der Waals surface area contributed by atoms with E-state index in [1.54, 1.807) is 36.4 Å². The molecule has 0 aliphatic carbocycles. The van der Waals surface area contributed by atoms with E-state index in [4.69, 9.17) is 4.74 Å². The molecule has 1 aliphatic heterocycles. The van der Waals surface area contributed by atoms with E-state index in [1.807, 2.05) is 42.5 Å². The standard InChI is InChI=1S/C34H32F3N3O3/c1-43-33(42)31(24-7-3-2-4-8-24)40-21-19-28(20-22-40)38-26-15-17-27(18-16-26)39-32(41)30-10-6-5-9-29(30)23-11-13-25(14-12-23)34(35,36)37/h2-18,28,31,38H,19-22H2,1H3,(H,39,41). The van der Waals surface area contributed by atoms with Gasteiger partial charge in [0.25, 0.3) is 5.91 Å². The summed E-state index contributed by atoms with van der Waals surface area (Å²) in [7, 11) is 1.41. The van der Waals surface area contributed by atoms with Gasteiger partial charge in [0.15, 0.2) is 0 Å². The van der Waals surface area contributed by atoms with Crippen LogP contribution in [0.25, 0.3) is 11.1 Å². The minimum Gasteiger partial charge on any atom is -0.468 e. The Labute approximate surface area is 248 Å². The SMILES string of the molecule is COC(=O)C(c1ccccc1)N1CCC(Nc2ccc(NC(=O)c3ccccc3-c3ccc(C(F)(F)F)cc3)cc2)CC1. The predicted octanol–water partition coefficient (Wildman–Crippen LogP) is 7.42. The summed E-state index contributed by atoms with van der Waals surface area (Å²) in [6.45, 7) is 1.47. The lowest BCUT2D eigenvalue weighted by Gasteiger charge is -2.37. The lowest BCUT2D eigenvalue weighted by Crippen LogP contribution is -2.43. The number of alkyl halides is 3. The van der Waals surface area contributed by atoms with Crippen molar-refractivity contribution in [3.05, 3.63) is 120 Å². The third kappa shape index (κ3) is 7.24. The van der Waals surface area contributed by atoms with Gasteiger partial charge in [-0.1, -0.05) is 60.7 Å². The van der Waals surface area contributed by atoms with Gasteiger partial charge in [-0.25, -0.2) is 4.79 Å². The van der Waals surface area contributed by atoms with Crippen LogP contribution in [0, 0.1) is 0 Å². The molecule has 4 aromatic rings. The number of carbonyl (C=O) groups is 2. The molecule has 1 heterocycles. The number of likely N-dealkylation sites (tertiary alicyclic amines) is 1. The third-order valence-corrected chi connectivity index (χ3v) is 7.64. The number of anilines is 2. The second-order valence-corrected chi connectivity index (χ2v) is 10.4. The summed E-state index contributed by atoms with van der Waals surface area (Å²) >= 11 is 0. The van der Waals surface area contributed by atoms with Crippen molar-refractivity contribution in [3.8, 4) is 11.1 Å². The lowest BCUT2D eigenvalue weighted by molar-refractivity contribution is -0.147. The van der Waals surface area contributed by atoms with Crippen molar-refractivity contribution in [2.75, 3.05) is 30.8 Å². The van der Waals surface area contributed by atoms with E-state index in [0.29, 0.717) is 22.4 Å². The van der Waals surface area contributed by atoms with Gasteiger partial charge in [-0.2, -0.15) is 13.2 Å². The largest absolute Gasteiger partial charge is 0.468 e. The molecule has 1 unspecified atom stereocenters. The van der Waals surface area contributed by atoms with Gasteiger partial charge in [-0.3, -0.25) is 9.69 Å². The van der Waals surface area contributed by atoms with E-state index in [9.17, 15) is 22.8 Å². The van der Waals surface area contributed by atoms with Gasteiger partial charge in [0.05, 0.1) is 12.7 Å². The molecule has 2 N–H and O–H groups in total. The number of amides is 1. The summed E-state index contributed by atoms with van der Waals surface area (Å²) in [6.07, 6.45) is -2.73. The first-order chi connectivity index (χ1) is 20.7. The molecule has 222 valence electrons. The third-order valence-electron chi connectivity index (χ3n) is 7.64. The van der Waals surface area contributed by atoms with Gasteiger partial charge in [-0.05, 0) is 72.0 Å². The normalized spacial score (nSPS) is 15.0. The summed E-state index contributed by atoms with van der Waals surface area (Å²) in [5.41, 5.74) is 3.10. The molecular formula is C34H32F3N3O3. The van der Waals surface area contributed by atoms with E-state index in [-0.39, 0.29) is 17.9 Å². The lowest BCUT2D eigenvalue weighted by atomic mass is 9.98. The highest BCUT2D eigenvalue weighted by atomic mass is 19.4. The zero-order chi connectivity index (χ0) is 30.4. The van der Waals surface area contributed by atoms with Crippen molar-refractivity contribution in [2.24, 2.45) is 0 Å². The second kappa shape index (κ2) is 13.1. The molecule has 1 saturated heterocycles. The quantitative estimate of drug-likeness (QED) is 0.210. The molecule has 4 aromatic carbocycles. The van der Waals surface area contributed by atoms with Gasteiger partial charge in [0, 0.05) is 36.1 Å². The number of rotatable bonds is 8. The predicted molar refractivity (Wildman–Crippen MR) is 161 cm³/mol. The first-order valence-electron chi connectivity index (χ1n) is 14.0. The number of piperidine rings is 1. The van der Waals surface area contributed by atoms with Crippen LogP contribution in [0.5, 0.6) is 0 Å². The number of hydrogen-bond donors (Lipinski definition) is 2. The summed E-state index contributed by atoms with van der Waals surface area (Å²) in [6, 6.07) is 28.4. The van der Waals surface area contributed by atoms with Crippen LogP contribution in [-0.4, -0.2) is 43.0 Å². The number of nitrogens with one attached hydrogen (secondary N) is 2. The molecule has 5 rings (SSSR count). The zero-order valence-corrected chi connectivity index (χ0v) is 23.6. The van der Waals surface area contributed by atoms with Gasteiger partial charge < -0.3 is 15.4 Å². The maximum atomic E-state index is 13.1. The number of ether oxygens (including phenoxy) is 1. The van der Waals surface area contributed by atoms with Crippen molar-refractivity contribution >= 4 is 23.3 Å². The smallest absolute Gasteiger partial charge is 0.416 e. The van der Waals surface area contributed by atoms with Crippen molar-refractivity contribution in [3.63, 3.8) is 0 Å². The Morgan fingerprint density at radius 3 is 2.05 bits per heavy atom. The topological polar surface area (TPSA) is 70.7 Å².